The zero-order chi connectivity index (χ0) is 13.7. The van der Waals surface area contributed by atoms with Crippen LogP contribution in [0.15, 0.2) is 0 Å². The number of carbonyl (C=O) groups is 2. The first-order chi connectivity index (χ1) is 8.43. The Morgan fingerprint density at radius 1 is 1.50 bits per heavy atom. The maximum Gasteiger partial charge on any atom is 0.319 e. The van der Waals surface area contributed by atoms with Crippen LogP contribution in [0.2, 0.25) is 0 Å². The summed E-state index contributed by atoms with van der Waals surface area (Å²) < 4.78 is 0. The molecule has 1 heterocycles. The van der Waals surface area contributed by atoms with Crippen molar-refractivity contribution in [2.45, 2.75) is 33.1 Å². The van der Waals surface area contributed by atoms with Gasteiger partial charge in [0.1, 0.15) is 0 Å². The number of urea groups is 1. The molecule has 1 aliphatic heterocycles. The van der Waals surface area contributed by atoms with Gasteiger partial charge in [-0.2, -0.15) is 0 Å². The van der Waals surface area contributed by atoms with Crippen LogP contribution in [-0.2, 0) is 4.79 Å². The Morgan fingerprint density at radius 2 is 2.17 bits per heavy atom. The van der Waals surface area contributed by atoms with Gasteiger partial charge in [0.2, 0.25) is 0 Å². The monoisotopic (exact) mass is 256 g/mol. The van der Waals surface area contributed by atoms with E-state index >= 15 is 0 Å². The first kappa shape index (κ1) is 14.8. The van der Waals surface area contributed by atoms with Crippen molar-refractivity contribution in [1.29, 1.82) is 0 Å². The first-order valence-corrected chi connectivity index (χ1v) is 6.65. The van der Waals surface area contributed by atoms with E-state index < -0.39 is 5.97 Å². The number of nitrogens with zero attached hydrogens (tertiary/aromatic N) is 2. The molecule has 18 heavy (non-hydrogen) atoms. The lowest BCUT2D eigenvalue weighted by atomic mass is 10.1. The lowest BCUT2D eigenvalue weighted by molar-refractivity contribution is -0.138. The molecule has 0 aliphatic carbocycles. The van der Waals surface area contributed by atoms with Gasteiger partial charge in [-0.1, -0.05) is 20.3 Å². The summed E-state index contributed by atoms with van der Waals surface area (Å²) in [4.78, 5) is 26.3. The molecule has 5 nitrogen and oxygen atoms in total. The molecule has 0 radical (unpaired) electrons. The normalized spacial score (nSPS) is 20.8. The average Bonchev–Trinajstić information content (AvgIpc) is 2.75. The number of hydrogen-bond donors (Lipinski definition) is 1. The summed E-state index contributed by atoms with van der Waals surface area (Å²) in [6, 6.07) is 0.0307. The molecule has 0 aromatic heterocycles. The number of rotatable bonds is 5. The molecular weight excluding hydrogens is 232 g/mol. The van der Waals surface area contributed by atoms with Gasteiger partial charge in [-0.25, -0.2) is 4.79 Å². The number of aliphatic carboxylic acids is 1. The molecule has 1 fully saturated rings. The second-order valence-electron chi connectivity index (χ2n) is 5.38. The molecule has 2 unspecified atom stereocenters. The smallest absolute Gasteiger partial charge is 0.319 e. The summed E-state index contributed by atoms with van der Waals surface area (Å²) in [7, 11) is 1.82. The van der Waals surface area contributed by atoms with Crippen LogP contribution in [-0.4, -0.2) is 53.6 Å². The number of carboxylic acid groups (broad SMARTS) is 1. The maximum absolute atomic E-state index is 12.1. The Morgan fingerprint density at radius 3 is 2.72 bits per heavy atom. The van der Waals surface area contributed by atoms with Crippen LogP contribution in [0.5, 0.6) is 0 Å². The van der Waals surface area contributed by atoms with Crippen LogP contribution in [0, 0.1) is 11.8 Å². The number of carbonyl (C=O) groups excluding carboxylic acids is 1. The van der Waals surface area contributed by atoms with E-state index in [1.165, 1.54) is 0 Å². The molecule has 0 bridgehead atoms. The lowest BCUT2D eigenvalue weighted by Crippen LogP contribution is -2.41. The summed E-state index contributed by atoms with van der Waals surface area (Å²) in [5.41, 5.74) is 0. The van der Waals surface area contributed by atoms with Crippen molar-refractivity contribution in [2.75, 3.05) is 26.7 Å². The standard InChI is InChI=1S/C13H24N2O3/c1-4-10(2)8-14(3)13(18)15-6-5-11(9-15)7-12(16)17/h10-11H,4-9H2,1-3H3,(H,16,17). The fraction of sp³-hybridized carbons (Fsp3) is 0.846. The van der Waals surface area contributed by atoms with Crippen molar-refractivity contribution in [3.63, 3.8) is 0 Å². The highest BCUT2D eigenvalue weighted by molar-refractivity contribution is 5.74. The van der Waals surface area contributed by atoms with E-state index in [1.807, 2.05) is 7.05 Å². The maximum atomic E-state index is 12.1. The number of hydrogen-bond acceptors (Lipinski definition) is 2. The summed E-state index contributed by atoms with van der Waals surface area (Å²) >= 11 is 0. The molecule has 0 spiro atoms. The Bertz CT molecular complexity index is 307. The number of carboxylic acids is 1. The third kappa shape index (κ3) is 4.20. The lowest BCUT2D eigenvalue weighted by Gasteiger charge is -2.26. The van der Waals surface area contributed by atoms with Crippen LogP contribution >= 0.6 is 0 Å². The van der Waals surface area contributed by atoms with Crippen LogP contribution in [0.4, 0.5) is 4.79 Å². The quantitative estimate of drug-likeness (QED) is 0.817. The Hall–Kier alpha value is -1.26. The minimum atomic E-state index is -0.776. The summed E-state index contributed by atoms with van der Waals surface area (Å²) in [5.74, 6) is -0.165. The summed E-state index contributed by atoms with van der Waals surface area (Å²) in [6.07, 6.45) is 2.02. The minimum absolute atomic E-state index is 0.0307. The predicted molar refractivity (Wildman–Crippen MR) is 69.4 cm³/mol. The van der Waals surface area contributed by atoms with Gasteiger partial charge in [-0.15, -0.1) is 0 Å². The zero-order valence-electron chi connectivity index (χ0n) is 11.6. The van der Waals surface area contributed by atoms with E-state index in [-0.39, 0.29) is 18.4 Å². The molecule has 0 saturated carbocycles. The second kappa shape index (κ2) is 6.61. The number of amides is 2. The van der Waals surface area contributed by atoms with Crippen molar-refractivity contribution in [2.24, 2.45) is 11.8 Å². The molecular formula is C13H24N2O3. The SMILES string of the molecule is CCC(C)CN(C)C(=O)N1CCC(CC(=O)O)C1. The summed E-state index contributed by atoms with van der Waals surface area (Å²) in [5, 5.41) is 8.74. The van der Waals surface area contributed by atoms with Crippen molar-refractivity contribution < 1.29 is 14.7 Å². The topological polar surface area (TPSA) is 60.9 Å². The van der Waals surface area contributed by atoms with Crippen molar-refractivity contribution in [3.05, 3.63) is 0 Å². The molecule has 1 aliphatic rings. The number of likely N-dealkylation sites (tertiary alicyclic amines) is 1. The molecule has 1 rings (SSSR count). The van der Waals surface area contributed by atoms with E-state index in [9.17, 15) is 9.59 Å². The molecule has 1 saturated heterocycles. The molecule has 104 valence electrons. The third-order valence-corrected chi connectivity index (χ3v) is 3.63. The molecule has 0 aromatic carbocycles. The largest absolute Gasteiger partial charge is 0.481 e. The van der Waals surface area contributed by atoms with Crippen molar-refractivity contribution in [1.82, 2.24) is 9.80 Å². The van der Waals surface area contributed by atoms with Crippen LogP contribution in [0.1, 0.15) is 33.1 Å². The molecule has 0 aromatic rings. The fourth-order valence-electron chi connectivity index (χ4n) is 2.34. The van der Waals surface area contributed by atoms with Gasteiger partial charge in [-0.3, -0.25) is 4.79 Å². The fourth-order valence-corrected chi connectivity index (χ4v) is 2.34. The predicted octanol–water partition coefficient (Wildman–Crippen LogP) is 1.88. The molecule has 2 atom stereocenters. The highest BCUT2D eigenvalue weighted by Gasteiger charge is 2.29. The van der Waals surface area contributed by atoms with Gasteiger partial charge < -0.3 is 14.9 Å². The molecule has 5 heteroatoms. The van der Waals surface area contributed by atoms with Gasteiger partial charge in [0.25, 0.3) is 0 Å². The van der Waals surface area contributed by atoms with E-state index in [4.69, 9.17) is 5.11 Å². The Labute approximate surface area is 109 Å². The average molecular weight is 256 g/mol. The second-order valence-corrected chi connectivity index (χ2v) is 5.38. The van der Waals surface area contributed by atoms with E-state index in [0.29, 0.717) is 19.0 Å². The molecule has 1 N–H and O–H groups in total. The minimum Gasteiger partial charge on any atom is -0.481 e. The van der Waals surface area contributed by atoms with Crippen LogP contribution in [0.25, 0.3) is 0 Å². The van der Waals surface area contributed by atoms with Gasteiger partial charge >= 0.3 is 12.0 Å². The van der Waals surface area contributed by atoms with E-state index in [0.717, 1.165) is 19.4 Å². The van der Waals surface area contributed by atoms with E-state index in [2.05, 4.69) is 13.8 Å². The van der Waals surface area contributed by atoms with Crippen molar-refractivity contribution >= 4 is 12.0 Å². The highest BCUT2D eigenvalue weighted by atomic mass is 16.4. The Balaban J connectivity index is 2.41. The van der Waals surface area contributed by atoms with Crippen molar-refractivity contribution in [3.8, 4) is 0 Å². The van der Waals surface area contributed by atoms with Gasteiger partial charge in [0.15, 0.2) is 0 Å². The van der Waals surface area contributed by atoms with Gasteiger partial charge in [0.05, 0.1) is 0 Å². The van der Waals surface area contributed by atoms with Crippen LogP contribution in [0.3, 0.4) is 0 Å². The molecule has 2 amide bonds. The third-order valence-electron chi connectivity index (χ3n) is 3.63. The van der Waals surface area contributed by atoms with Gasteiger partial charge in [-0.05, 0) is 18.3 Å². The van der Waals surface area contributed by atoms with Crippen LogP contribution < -0.4 is 0 Å². The highest BCUT2D eigenvalue weighted by Crippen LogP contribution is 2.20. The first-order valence-electron chi connectivity index (χ1n) is 6.65. The Kier molecular flexibility index (Phi) is 5.44. The van der Waals surface area contributed by atoms with Gasteiger partial charge in [0, 0.05) is 33.1 Å². The zero-order valence-corrected chi connectivity index (χ0v) is 11.6. The summed E-state index contributed by atoms with van der Waals surface area (Å²) in [6.45, 7) is 6.26. The van der Waals surface area contributed by atoms with E-state index in [1.54, 1.807) is 9.80 Å².